The maximum atomic E-state index is 5.71. The lowest BCUT2D eigenvalue weighted by Crippen LogP contribution is -2.03. The molecule has 24 heavy (non-hydrogen) atoms. The van der Waals surface area contributed by atoms with Gasteiger partial charge in [-0.2, -0.15) is 0 Å². The quantitative estimate of drug-likeness (QED) is 0.365. The lowest BCUT2D eigenvalue weighted by atomic mass is 10.3. The number of nitrogens with one attached hydrogen (secondary N) is 1. The van der Waals surface area contributed by atoms with Crippen molar-refractivity contribution in [2.75, 3.05) is 24.2 Å². The van der Waals surface area contributed by atoms with Gasteiger partial charge in [0.1, 0.15) is 5.75 Å². The Kier molecular flexibility index (Phi) is 6.95. The molecule has 1 aromatic carbocycles. The number of rotatable bonds is 9. The van der Waals surface area contributed by atoms with Crippen LogP contribution < -0.4 is 10.1 Å². The van der Waals surface area contributed by atoms with Gasteiger partial charge in [-0.25, -0.2) is 0 Å². The van der Waals surface area contributed by atoms with Gasteiger partial charge in [-0.3, -0.25) is 0 Å². The van der Waals surface area contributed by atoms with Crippen molar-refractivity contribution in [2.24, 2.45) is 0 Å². The van der Waals surface area contributed by atoms with Gasteiger partial charge in [0.05, 0.1) is 6.61 Å². The molecule has 126 valence electrons. The third-order valence-electron chi connectivity index (χ3n) is 3.01. The van der Waals surface area contributed by atoms with Gasteiger partial charge in [0.25, 0.3) is 0 Å². The van der Waals surface area contributed by atoms with Gasteiger partial charge in [0.15, 0.2) is 4.34 Å². The molecule has 8 heteroatoms. The fourth-order valence-electron chi connectivity index (χ4n) is 1.93. The predicted molar refractivity (Wildman–Crippen MR) is 107 cm³/mol. The third-order valence-corrected chi connectivity index (χ3v) is 6.42. The summed E-state index contributed by atoms with van der Waals surface area (Å²) in [4.78, 5) is 1.38. The summed E-state index contributed by atoms with van der Waals surface area (Å²) in [5.41, 5.74) is 0. The standard InChI is InChI=1S/C16H16BrN3OS3/c17-12-3-1-4-13(11-12)21-8-10-23-16-20-19-15(24-16)18-7-6-14-5-2-9-22-14/h1-5,9,11H,6-8,10H2,(H,18,19). The predicted octanol–water partition coefficient (Wildman–Crippen LogP) is 5.19. The number of benzene rings is 1. The van der Waals surface area contributed by atoms with Gasteiger partial charge in [0.2, 0.25) is 5.13 Å². The fraction of sp³-hybridized carbons (Fsp3) is 0.250. The molecule has 0 unspecified atom stereocenters. The number of anilines is 1. The first-order valence-electron chi connectivity index (χ1n) is 7.40. The molecule has 0 atom stereocenters. The monoisotopic (exact) mass is 441 g/mol. The van der Waals surface area contributed by atoms with Gasteiger partial charge >= 0.3 is 0 Å². The van der Waals surface area contributed by atoms with Crippen molar-refractivity contribution in [1.82, 2.24) is 10.2 Å². The zero-order valence-corrected chi connectivity index (χ0v) is 16.8. The number of thioether (sulfide) groups is 1. The normalized spacial score (nSPS) is 10.7. The Balaban J connectivity index is 1.35. The molecular weight excluding hydrogens is 426 g/mol. The molecule has 0 aliphatic heterocycles. The summed E-state index contributed by atoms with van der Waals surface area (Å²) in [5, 5.41) is 14.7. The highest BCUT2D eigenvalue weighted by atomic mass is 79.9. The Labute approximate surface area is 161 Å². The molecule has 0 spiro atoms. The van der Waals surface area contributed by atoms with Gasteiger partial charge in [-0.05, 0) is 36.1 Å². The van der Waals surface area contributed by atoms with E-state index >= 15 is 0 Å². The van der Waals surface area contributed by atoms with Crippen LogP contribution >= 0.6 is 50.4 Å². The molecule has 0 amide bonds. The average Bonchev–Trinajstić information content (AvgIpc) is 3.24. The molecule has 0 fully saturated rings. The van der Waals surface area contributed by atoms with Crippen LogP contribution in [0.3, 0.4) is 0 Å². The van der Waals surface area contributed by atoms with Crippen LogP contribution in [-0.2, 0) is 6.42 Å². The summed E-state index contributed by atoms with van der Waals surface area (Å²) in [6.45, 7) is 1.52. The number of nitrogens with zero attached hydrogens (tertiary/aromatic N) is 2. The van der Waals surface area contributed by atoms with Crippen molar-refractivity contribution in [3.05, 3.63) is 51.1 Å². The number of hydrogen-bond acceptors (Lipinski definition) is 7. The van der Waals surface area contributed by atoms with E-state index < -0.39 is 0 Å². The van der Waals surface area contributed by atoms with Crippen molar-refractivity contribution >= 4 is 55.5 Å². The molecule has 0 saturated carbocycles. The second kappa shape index (κ2) is 9.41. The summed E-state index contributed by atoms with van der Waals surface area (Å²) in [6.07, 6.45) is 1.01. The molecule has 2 heterocycles. The van der Waals surface area contributed by atoms with E-state index in [0.29, 0.717) is 6.61 Å². The largest absolute Gasteiger partial charge is 0.493 e. The topological polar surface area (TPSA) is 47.0 Å². The van der Waals surface area contributed by atoms with Crippen molar-refractivity contribution < 1.29 is 4.74 Å². The lowest BCUT2D eigenvalue weighted by Gasteiger charge is -2.04. The Morgan fingerprint density at radius 2 is 2.17 bits per heavy atom. The van der Waals surface area contributed by atoms with Crippen LogP contribution in [0.5, 0.6) is 5.75 Å². The van der Waals surface area contributed by atoms with E-state index in [1.54, 1.807) is 34.4 Å². The zero-order valence-electron chi connectivity index (χ0n) is 12.8. The summed E-state index contributed by atoms with van der Waals surface area (Å²) in [5.74, 6) is 1.72. The maximum absolute atomic E-state index is 5.71. The van der Waals surface area contributed by atoms with E-state index in [0.717, 1.165) is 38.4 Å². The fourth-order valence-corrected chi connectivity index (χ4v) is 4.68. The average molecular weight is 442 g/mol. The van der Waals surface area contributed by atoms with Gasteiger partial charge < -0.3 is 10.1 Å². The van der Waals surface area contributed by atoms with Gasteiger partial charge in [0, 0.05) is 21.6 Å². The number of aromatic nitrogens is 2. The van der Waals surface area contributed by atoms with Gasteiger partial charge in [-0.1, -0.05) is 51.2 Å². The Hall–Kier alpha value is -1.09. The van der Waals surface area contributed by atoms with Crippen molar-refractivity contribution in [3.63, 3.8) is 0 Å². The van der Waals surface area contributed by atoms with E-state index in [1.807, 2.05) is 24.3 Å². The molecule has 0 radical (unpaired) electrons. The second-order valence-electron chi connectivity index (χ2n) is 4.78. The molecule has 0 saturated heterocycles. The Morgan fingerprint density at radius 1 is 1.21 bits per heavy atom. The van der Waals surface area contributed by atoms with Crippen molar-refractivity contribution in [2.45, 2.75) is 10.8 Å². The molecule has 3 rings (SSSR count). The number of hydrogen-bond donors (Lipinski definition) is 1. The van der Waals surface area contributed by atoms with Gasteiger partial charge in [-0.15, -0.1) is 21.5 Å². The van der Waals surface area contributed by atoms with Crippen LogP contribution in [0.25, 0.3) is 0 Å². The molecule has 0 aliphatic carbocycles. The third kappa shape index (κ3) is 5.77. The minimum absolute atomic E-state index is 0.641. The first-order valence-corrected chi connectivity index (χ1v) is 10.9. The number of thiophene rings is 1. The summed E-state index contributed by atoms with van der Waals surface area (Å²) >= 11 is 8.47. The minimum Gasteiger partial charge on any atom is -0.493 e. The molecule has 0 bridgehead atoms. The summed E-state index contributed by atoms with van der Waals surface area (Å²) < 4.78 is 7.70. The van der Waals surface area contributed by atoms with Crippen molar-refractivity contribution in [3.8, 4) is 5.75 Å². The highest BCUT2D eigenvalue weighted by Crippen LogP contribution is 2.25. The molecule has 1 N–H and O–H groups in total. The first-order chi connectivity index (χ1) is 11.8. The lowest BCUT2D eigenvalue weighted by molar-refractivity contribution is 0.344. The molecular formula is C16H16BrN3OS3. The van der Waals surface area contributed by atoms with E-state index in [2.05, 4.69) is 49.0 Å². The van der Waals surface area contributed by atoms with E-state index in [9.17, 15) is 0 Å². The Bertz CT molecular complexity index is 749. The van der Waals surface area contributed by atoms with E-state index in [-0.39, 0.29) is 0 Å². The summed E-state index contributed by atoms with van der Waals surface area (Å²) in [7, 11) is 0. The highest BCUT2D eigenvalue weighted by Gasteiger charge is 2.05. The smallest absolute Gasteiger partial charge is 0.206 e. The molecule has 4 nitrogen and oxygen atoms in total. The van der Waals surface area contributed by atoms with Crippen LogP contribution in [0.4, 0.5) is 5.13 Å². The summed E-state index contributed by atoms with van der Waals surface area (Å²) in [6, 6.07) is 12.1. The van der Waals surface area contributed by atoms with E-state index in [4.69, 9.17) is 4.74 Å². The van der Waals surface area contributed by atoms with Crippen LogP contribution in [0.15, 0.2) is 50.6 Å². The second-order valence-corrected chi connectivity index (χ2v) is 9.05. The number of halogens is 1. The minimum atomic E-state index is 0.641. The molecule has 0 aliphatic rings. The van der Waals surface area contributed by atoms with Crippen LogP contribution in [0, 0.1) is 0 Å². The maximum Gasteiger partial charge on any atom is 0.206 e. The van der Waals surface area contributed by atoms with Crippen LogP contribution in [0.2, 0.25) is 0 Å². The van der Waals surface area contributed by atoms with E-state index in [1.165, 1.54) is 4.88 Å². The van der Waals surface area contributed by atoms with Crippen molar-refractivity contribution in [1.29, 1.82) is 0 Å². The number of ether oxygens (including phenoxy) is 1. The Morgan fingerprint density at radius 3 is 3.00 bits per heavy atom. The van der Waals surface area contributed by atoms with Crippen LogP contribution in [0.1, 0.15) is 4.88 Å². The molecule has 3 aromatic rings. The zero-order chi connectivity index (χ0) is 16.6. The van der Waals surface area contributed by atoms with Crippen LogP contribution in [-0.4, -0.2) is 29.1 Å². The molecule has 2 aromatic heterocycles. The first kappa shape index (κ1) is 17.7. The SMILES string of the molecule is Brc1cccc(OCCSc2nnc(NCCc3cccs3)s2)c1. The highest BCUT2D eigenvalue weighted by molar-refractivity contribution is 9.10.